The van der Waals surface area contributed by atoms with Crippen molar-refractivity contribution in [3.05, 3.63) is 34.2 Å². The van der Waals surface area contributed by atoms with E-state index in [1.165, 1.54) is 12.1 Å². The van der Waals surface area contributed by atoms with Gasteiger partial charge >= 0.3 is 0 Å². The second-order valence-electron chi connectivity index (χ2n) is 2.18. The molecule has 3 heteroatoms. The summed E-state index contributed by atoms with van der Waals surface area (Å²) in [6.07, 6.45) is 2.21. The van der Waals surface area contributed by atoms with Crippen molar-refractivity contribution in [1.29, 1.82) is 0 Å². The summed E-state index contributed by atoms with van der Waals surface area (Å²) < 4.78 is 0. The van der Waals surface area contributed by atoms with Gasteiger partial charge in [0, 0.05) is 30.6 Å². The lowest BCUT2D eigenvalue weighted by atomic mass is 10.3. The first-order chi connectivity index (χ1) is 5.83. The Morgan fingerprint density at radius 2 is 2.42 bits per heavy atom. The molecule has 0 saturated carbocycles. The maximum Gasteiger partial charge on any atom is 0.182 e. The van der Waals surface area contributed by atoms with Gasteiger partial charge in [-0.15, -0.1) is 11.6 Å². The Labute approximate surface area is 75.6 Å². The van der Waals surface area contributed by atoms with Crippen LogP contribution in [0.15, 0.2) is 23.1 Å². The Balaban J connectivity index is 2.78. The van der Waals surface area contributed by atoms with E-state index in [1.807, 2.05) is 0 Å². The molecule has 0 unspecified atom stereocenters. The molecule has 0 aromatic carbocycles. The highest BCUT2D eigenvalue weighted by molar-refractivity contribution is 6.18. The van der Waals surface area contributed by atoms with Crippen molar-refractivity contribution in [3.8, 4) is 11.8 Å². The van der Waals surface area contributed by atoms with Gasteiger partial charge in [0.1, 0.15) is 0 Å². The fraction of sp³-hybridized carbons (Fsp3) is 0.222. The van der Waals surface area contributed by atoms with Gasteiger partial charge in [-0.25, -0.2) is 0 Å². The summed E-state index contributed by atoms with van der Waals surface area (Å²) in [6.45, 7) is 0. The second-order valence-corrected chi connectivity index (χ2v) is 2.56. The second kappa shape index (κ2) is 4.63. The molecule has 0 aliphatic heterocycles. The quantitative estimate of drug-likeness (QED) is 0.515. The molecule has 0 amide bonds. The van der Waals surface area contributed by atoms with Crippen LogP contribution < -0.4 is 5.43 Å². The molecule has 62 valence electrons. The highest BCUT2D eigenvalue weighted by atomic mass is 35.5. The van der Waals surface area contributed by atoms with Gasteiger partial charge in [0.25, 0.3) is 0 Å². The van der Waals surface area contributed by atoms with Crippen LogP contribution in [0.2, 0.25) is 0 Å². The van der Waals surface area contributed by atoms with Crippen LogP contribution in [-0.4, -0.2) is 10.9 Å². The van der Waals surface area contributed by atoms with Crippen LogP contribution in [-0.2, 0) is 0 Å². The Bertz CT molecular complexity index is 359. The molecule has 0 aliphatic carbocycles. The molecule has 1 N–H and O–H groups in total. The zero-order valence-corrected chi connectivity index (χ0v) is 7.19. The van der Waals surface area contributed by atoms with Crippen molar-refractivity contribution in [2.24, 2.45) is 0 Å². The number of aromatic amines is 1. The molecule has 1 aromatic rings. The van der Waals surface area contributed by atoms with Crippen molar-refractivity contribution in [3.63, 3.8) is 0 Å². The Morgan fingerprint density at radius 1 is 1.58 bits per heavy atom. The largest absolute Gasteiger partial charge is 0.355 e. The molecular formula is C9H8ClNO. The number of H-pyrrole nitrogens is 1. The van der Waals surface area contributed by atoms with Gasteiger partial charge in [0.05, 0.1) is 5.69 Å². The SMILES string of the molecule is O=c1cc[nH]c(C#CCCCl)c1. The van der Waals surface area contributed by atoms with Gasteiger partial charge in [-0.3, -0.25) is 4.79 Å². The summed E-state index contributed by atoms with van der Waals surface area (Å²) in [5.74, 6) is 6.14. The van der Waals surface area contributed by atoms with Crippen LogP contribution in [0.3, 0.4) is 0 Å². The molecular weight excluding hydrogens is 174 g/mol. The van der Waals surface area contributed by atoms with E-state index in [1.54, 1.807) is 6.20 Å². The minimum Gasteiger partial charge on any atom is -0.355 e. The zero-order valence-electron chi connectivity index (χ0n) is 6.43. The van der Waals surface area contributed by atoms with Crippen LogP contribution >= 0.6 is 11.6 Å². The number of hydrogen-bond acceptors (Lipinski definition) is 1. The molecule has 1 heterocycles. The molecule has 0 aliphatic rings. The molecule has 0 saturated heterocycles. The van der Waals surface area contributed by atoms with E-state index in [9.17, 15) is 4.79 Å². The number of aromatic nitrogens is 1. The topological polar surface area (TPSA) is 32.9 Å². The number of rotatable bonds is 1. The first-order valence-corrected chi connectivity index (χ1v) is 4.10. The first kappa shape index (κ1) is 8.89. The van der Waals surface area contributed by atoms with Crippen LogP contribution in [0.25, 0.3) is 0 Å². The highest BCUT2D eigenvalue weighted by Gasteiger charge is 1.85. The van der Waals surface area contributed by atoms with Crippen molar-refractivity contribution in [2.75, 3.05) is 5.88 Å². The monoisotopic (exact) mass is 181 g/mol. The van der Waals surface area contributed by atoms with Gasteiger partial charge in [-0.05, 0) is 5.92 Å². The highest BCUT2D eigenvalue weighted by Crippen LogP contribution is 1.86. The number of alkyl halides is 1. The smallest absolute Gasteiger partial charge is 0.182 e. The van der Waals surface area contributed by atoms with Crippen molar-refractivity contribution >= 4 is 11.6 Å². The molecule has 0 spiro atoms. The van der Waals surface area contributed by atoms with Gasteiger partial charge in [0.15, 0.2) is 5.43 Å². The third kappa shape index (κ3) is 2.81. The van der Waals surface area contributed by atoms with Gasteiger partial charge in [0.2, 0.25) is 0 Å². The maximum atomic E-state index is 10.8. The van der Waals surface area contributed by atoms with Crippen LogP contribution in [0.4, 0.5) is 0 Å². The maximum absolute atomic E-state index is 10.8. The Hall–Kier alpha value is -1.20. The van der Waals surface area contributed by atoms with Crippen molar-refractivity contribution < 1.29 is 0 Å². The van der Waals surface area contributed by atoms with Crippen LogP contribution in [0.1, 0.15) is 12.1 Å². The van der Waals surface area contributed by atoms with E-state index in [0.717, 1.165) is 0 Å². The molecule has 2 nitrogen and oxygen atoms in total. The average molecular weight is 182 g/mol. The fourth-order valence-electron chi connectivity index (χ4n) is 0.723. The van der Waals surface area contributed by atoms with E-state index in [2.05, 4.69) is 16.8 Å². The minimum absolute atomic E-state index is 0.0380. The number of hydrogen-bond donors (Lipinski definition) is 1. The van der Waals surface area contributed by atoms with Gasteiger partial charge < -0.3 is 4.98 Å². The molecule has 12 heavy (non-hydrogen) atoms. The lowest BCUT2D eigenvalue weighted by Gasteiger charge is -1.86. The molecule has 0 bridgehead atoms. The summed E-state index contributed by atoms with van der Waals surface area (Å²) in [7, 11) is 0. The van der Waals surface area contributed by atoms with E-state index < -0.39 is 0 Å². The molecule has 1 aromatic heterocycles. The zero-order chi connectivity index (χ0) is 8.81. The van der Waals surface area contributed by atoms with Gasteiger partial charge in [-0.2, -0.15) is 0 Å². The Morgan fingerprint density at radius 3 is 3.08 bits per heavy atom. The predicted octanol–water partition coefficient (Wildman–Crippen LogP) is 1.36. The van der Waals surface area contributed by atoms with Crippen LogP contribution in [0.5, 0.6) is 0 Å². The molecule has 0 fully saturated rings. The summed E-state index contributed by atoms with van der Waals surface area (Å²) in [5.41, 5.74) is 0.594. The lowest BCUT2D eigenvalue weighted by molar-refractivity contribution is 1.25. The first-order valence-electron chi connectivity index (χ1n) is 3.56. The van der Waals surface area contributed by atoms with E-state index in [4.69, 9.17) is 11.6 Å². The summed E-state index contributed by atoms with van der Waals surface area (Å²) in [4.78, 5) is 13.7. The molecule has 1 rings (SSSR count). The standard InChI is InChI=1S/C9H8ClNO/c10-5-2-1-3-8-7-9(12)4-6-11-8/h4,6-7H,2,5H2,(H,11,12). The number of pyridine rings is 1. The Kier molecular flexibility index (Phi) is 3.43. The fourth-order valence-corrected chi connectivity index (χ4v) is 0.817. The van der Waals surface area contributed by atoms with Gasteiger partial charge in [-0.1, -0.05) is 5.92 Å². The minimum atomic E-state index is -0.0380. The van der Waals surface area contributed by atoms with Crippen molar-refractivity contribution in [2.45, 2.75) is 6.42 Å². The number of halogens is 1. The molecule has 0 radical (unpaired) electrons. The lowest BCUT2D eigenvalue weighted by Crippen LogP contribution is -1.97. The predicted molar refractivity (Wildman–Crippen MR) is 49.3 cm³/mol. The average Bonchev–Trinajstić information content (AvgIpc) is 2.05. The summed E-state index contributed by atoms with van der Waals surface area (Å²) in [5, 5.41) is 0. The third-order valence-electron chi connectivity index (χ3n) is 1.22. The normalized spacial score (nSPS) is 8.75. The van der Waals surface area contributed by atoms with E-state index in [-0.39, 0.29) is 5.43 Å². The van der Waals surface area contributed by atoms with Crippen molar-refractivity contribution in [1.82, 2.24) is 4.98 Å². The van der Waals surface area contributed by atoms with Crippen LogP contribution in [0, 0.1) is 11.8 Å². The van der Waals surface area contributed by atoms with E-state index in [0.29, 0.717) is 18.0 Å². The van der Waals surface area contributed by atoms with E-state index >= 15 is 0 Å². The number of nitrogens with one attached hydrogen (secondary N) is 1. The molecule has 0 atom stereocenters. The summed E-state index contributed by atoms with van der Waals surface area (Å²) in [6, 6.07) is 2.91. The third-order valence-corrected chi connectivity index (χ3v) is 1.40. The summed E-state index contributed by atoms with van der Waals surface area (Å²) >= 11 is 5.42.